The third-order valence-corrected chi connectivity index (χ3v) is 6.34. The summed E-state index contributed by atoms with van der Waals surface area (Å²) in [7, 11) is 0. The normalized spacial score (nSPS) is 12.7. The van der Waals surface area contributed by atoms with Gasteiger partial charge in [-0.2, -0.15) is 0 Å². The minimum atomic E-state index is -0.627. The van der Waals surface area contributed by atoms with Gasteiger partial charge in [0.15, 0.2) is 0 Å². The topological polar surface area (TPSA) is 141 Å². The van der Waals surface area contributed by atoms with Crippen LogP contribution in [0.4, 0.5) is 0 Å². The molecule has 0 radical (unpaired) electrons. The van der Waals surface area contributed by atoms with Crippen LogP contribution in [0.2, 0.25) is 0 Å². The molecule has 0 heterocycles. The molecule has 42 heavy (non-hydrogen) atoms. The fourth-order valence-corrected chi connectivity index (χ4v) is 4.01. The lowest BCUT2D eigenvalue weighted by atomic mass is 10.1. The van der Waals surface area contributed by atoms with Crippen molar-refractivity contribution < 1.29 is 29.3 Å². The lowest BCUT2D eigenvalue weighted by Crippen LogP contribution is -2.35. The maximum Gasteiger partial charge on any atom is 0.220 e. The van der Waals surface area contributed by atoms with Gasteiger partial charge in [-0.1, -0.05) is 64.1 Å². The SMILES string of the molecule is CC(C)NC[C@H](O)COc1ccccc1CCC(=O)NCCNC(=O)CCc1ccccc1OC[C@@H](O)CNC(C)C. The summed E-state index contributed by atoms with van der Waals surface area (Å²) in [5, 5.41) is 32.2. The van der Waals surface area contributed by atoms with Gasteiger partial charge in [-0.15, -0.1) is 0 Å². The first-order chi connectivity index (χ1) is 20.1. The predicted molar refractivity (Wildman–Crippen MR) is 165 cm³/mol. The molecule has 0 spiro atoms. The molecule has 0 saturated carbocycles. The van der Waals surface area contributed by atoms with Gasteiger partial charge in [0.25, 0.3) is 0 Å². The van der Waals surface area contributed by atoms with Gasteiger partial charge in [0.05, 0.1) is 0 Å². The van der Waals surface area contributed by atoms with Crippen molar-refractivity contribution in [2.75, 3.05) is 39.4 Å². The number of hydrogen-bond donors (Lipinski definition) is 6. The molecule has 0 aliphatic rings. The van der Waals surface area contributed by atoms with E-state index in [1.165, 1.54) is 0 Å². The van der Waals surface area contributed by atoms with Crippen LogP contribution >= 0.6 is 0 Å². The predicted octanol–water partition coefficient (Wildman–Crippen LogP) is 1.96. The summed E-state index contributed by atoms with van der Waals surface area (Å²) in [6, 6.07) is 15.6. The lowest BCUT2D eigenvalue weighted by Gasteiger charge is -2.17. The first kappa shape index (κ1) is 35.0. The number of para-hydroxylation sites is 2. The zero-order chi connectivity index (χ0) is 30.7. The fourth-order valence-electron chi connectivity index (χ4n) is 4.01. The Labute approximate surface area is 250 Å². The molecular formula is C32H50N4O6. The number of aliphatic hydroxyl groups is 2. The zero-order valence-corrected chi connectivity index (χ0v) is 25.5. The second-order valence-electron chi connectivity index (χ2n) is 11.0. The first-order valence-corrected chi connectivity index (χ1v) is 14.9. The lowest BCUT2D eigenvalue weighted by molar-refractivity contribution is -0.122. The molecule has 6 N–H and O–H groups in total. The Morgan fingerprint density at radius 1 is 0.667 bits per heavy atom. The van der Waals surface area contributed by atoms with Gasteiger partial charge in [0.2, 0.25) is 11.8 Å². The van der Waals surface area contributed by atoms with Gasteiger partial charge in [-0.05, 0) is 36.1 Å². The van der Waals surface area contributed by atoms with E-state index >= 15 is 0 Å². The highest BCUT2D eigenvalue weighted by Crippen LogP contribution is 2.21. The van der Waals surface area contributed by atoms with Gasteiger partial charge >= 0.3 is 0 Å². The molecule has 0 aromatic heterocycles. The molecule has 234 valence electrons. The van der Waals surface area contributed by atoms with E-state index in [0.717, 1.165) is 11.1 Å². The first-order valence-electron chi connectivity index (χ1n) is 14.9. The van der Waals surface area contributed by atoms with Gasteiger partial charge in [0.1, 0.15) is 36.9 Å². The fraction of sp³-hybridized carbons (Fsp3) is 0.562. The van der Waals surface area contributed by atoms with E-state index in [1.54, 1.807) is 0 Å². The molecule has 2 amide bonds. The maximum absolute atomic E-state index is 12.4. The van der Waals surface area contributed by atoms with Crippen LogP contribution in [0.5, 0.6) is 11.5 Å². The summed E-state index contributed by atoms with van der Waals surface area (Å²) in [6.45, 7) is 9.96. The van der Waals surface area contributed by atoms with Gasteiger partial charge in [-0.3, -0.25) is 9.59 Å². The second kappa shape index (κ2) is 19.9. The standard InChI is InChI=1S/C32H50N4O6/c1-23(2)35-19-27(37)21-41-29-11-7-5-9-25(29)13-15-31(39)33-17-18-34-32(40)16-14-26-10-6-8-12-30(26)42-22-28(38)20-36-24(3)4/h5-12,23-24,27-28,35-38H,13-22H2,1-4H3,(H,33,39)(H,34,40)/t27-,28-/m0/s1. The van der Waals surface area contributed by atoms with E-state index in [1.807, 2.05) is 76.2 Å². The third kappa shape index (κ3) is 15.2. The van der Waals surface area contributed by atoms with E-state index in [9.17, 15) is 19.8 Å². The van der Waals surface area contributed by atoms with Crippen molar-refractivity contribution in [3.05, 3.63) is 59.7 Å². The van der Waals surface area contributed by atoms with Crippen LogP contribution < -0.4 is 30.7 Å². The van der Waals surface area contributed by atoms with Crippen molar-refractivity contribution in [3.63, 3.8) is 0 Å². The van der Waals surface area contributed by atoms with Crippen LogP contribution in [0.1, 0.15) is 51.7 Å². The number of benzene rings is 2. The molecule has 0 aliphatic carbocycles. The number of carbonyl (C=O) groups is 2. The zero-order valence-electron chi connectivity index (χ0n) is 25.5. The van der Waals surface area contributed by atoms with Crippen LogP contribution in [0.3, 0.4) is 0 Å². The van der Waals surface area contributed by atoms with Crippen molar-refractivity contribution in [1.82, 2.24) is 21.3 Å². The van der Waals surface area contributed by atoms with Crippen molar-refractivity contribution in [2.45, 2.75) is 77.7 Å². The molecule has 2 aromatic carbocycles. The number of carbonyl (C=O) groups excluding carboxylic acids is 2. The van der Waals surface area contributed by atoms with Crippen molar-refractivity contribution in [1.29, 1.82) is 0 Å². The molecule has 2 atom stereocenters. The van der Waals surface area contributed by atoms with Crippen molar-refractivity contribution in [3.8, 4) is 11.5 Å². The molecule has 0 fully saturated rings. The summed E-state index contributed by atoms with van der Waals surface area (Å²) in [5.41, 5.74) is 1.80. The average molecular weight is 587 g/mol. The average Bonchev–Trinajstić information content (AvgIpc) is 2.97. The largest absolute Gasteiger partial charge is 0.491 e. The minimum absolute atomic E-state index is 0.114. The minimum Gasteiger partial charge on any atom is -0.491 e. The highest BCUT2D eigenvalue weighted by molar-refractivity contribution is 5.77. The smallest absolute Gasteiger partial charge is 0.220 e. The molecule has 0 unspecified atom stereocenters. The Hall–Kier alpha value is -3.18. The summed E-state index contributed by atoms with van der Waals surface area (Å²) in [5.74, 6) is 1.09. The van der Waals surface area contributed by atoms with Crippen LogP contribution in [0, 0.1) is 0 Å². The van der Waals surface area contributed by atoms with Crippen molar-refractivity contribution >= 4 is 11.8 Å². The highest BCUT2D eigenvalue weighted by atomic mass is 16.5. The molecule has 10 heteroatoms. The van der Waals surface area contributed by atoms with Gasteiger partial charge < -0.3 is 41.0 Å². The summed E-state index contributed by atoms with van der Waals surface area (Å²) < 4.78 is 11.6. The molecule has 0 aliphatic heterocycles. The maximum atomic E-state index is 12.4. The summed E-state index contributed by atoms with van der Waals surface area (Å²) in [6.07, 6.45) is 0.315. The number of rotatable bonds is 21. The second-order valence-corrected chi connectivity index (χ2v) is 11.0. The molecule has 10 nitrogen and oxygen atoms in total. The molecule has 0 bridgehead atoms. The number of aliphatic hydroxyl groups excluding tert-OH is 2. The number of aryl methyl sites for hydroxylation is 2. The third-order valence-electron chi connectivity index (χ3n) is 6.34. The Balaban J connectivity index is 1.65. The number of ether oxygens (including phenoxy) is 2. The van der Waals surface area contributed by atoms with Crippen LogP contribution in [-0.2, 0) is 22.4 Å². The Bertz CT molecular complexity index is 981. The number of nitrogens with one attached hydrogen (secondary N) is 4. The summed E-state index contributed by atoms with van der Waals surface area (Å²) >= 11 is 0. The van der Waals surface area contributed by atoms with E-state index < -0.39 is 12.2 Å². The van der Waals surface area contributed by atoms with Crippen LogP contribution in [-0.4, -0.2) is 85.7 Å². The van der Waals surface area contributed by atoms with Crippen LogP contribution in [0.25, 0.3) is 0 Å². The van der Waals surface area contributed by atoms with E-state index in [-0.39, 0.29) is 50.0 Å². The van der Waals surface area contributed by atoms with Crippen molar-refractivity contribution in [2.24, 2.45) is 0 Å². The Morgan fingerprint density at radius 2 is 1.05 bits per heavy atom. The monoisotopic (exact) mass is 586 g/mol. The highest BCUT2D eigenvalue weighted by Gasteiger charge is 2.12. The molecule has 0 saturated heterocycles. The number of hydrogen-bond acceptors (Lipinski definition) is 8. The van der Waals surface area contributed by atoms with Gasteiger partial charge in [-0.25, -0.2) is 0 Å². The van der Waals surface area contributed by atoms with E-state index in [4.69, 9.17) is 9.47 Å². The van der Waals surface area contributed by atoms with Gasteiger partial charge in [0, 0.05) is 51.1 Å². The Morgan fingerprint density at radius 3 is 1.43 bits per heavy atom. The van der Waals surface area contributed by atoms with Crippen LogP contribution in [0.15, 0.2) is 48.5 Å². The van der Waals surface area contributed by atoms with E-state index in [0.29, 0.717) is 50.5 Å². The quantitative estimate of drug-likeness (QED) is 0.122. The molecule has 2 aromatic rings. The molecule has 2 rings (SSSR count). The van der Waals surface area contributed by atoms with E-state index in [2.05, 4.69) is 21.3 Å². The summed E-state index contributed by atoms with van der Waals surface area (Å²) in [4.78, 5) is 24.7. The number of amides is 2. The molecular weight excluding hydrogens is 536 g/mol. The Kier molecular flexibility index (Phi) is 16.6.